The fourth-order valence-corrected chi connectivity index (χ4v) is 3.96. The summed E-state index contributed by atoms with van der Waals surface area (Å²) in [6.45, 7) is 2.75. The molecule has 4 rings (SSSR count). The zero-order valence-corrected chi connectivity index (χ0v) is 18.6. The molecular formula is C26H25N3O2S. The van der Waals surface area contributed by atoms with E-state index in [9.17, 15) is 4.79 Å². The van der Waals surface area contributed by atoms with Crippen LogP contribution in [-0.2, 0) is 17.9 Å². The Kier molecular flexibility index (Phi) is 6.82. The second-order valence-electron chi connectivity index (χ2n) is 7.55. The maximum Gasteiger partial charge on any atom is 0.251 e. The summed E-state index contributed by atoms with van der Waals surface area (Å²) in [4.78, 5) is 13.2. The van der Waals surface area contributed by atoms with Crippen molar-refractivity contribution in [3.05, 3.63) is 113 Å². The van der Waals surface area contributed by atoms with Gasteiger partial charge < -0.3 is 20.7 Å². The lowest BCUT2D eigenvalue weighted by Gasteiger charge is -2.31. The van der Waals surface area contributed by atoms with Crippen molar-refractivity contribution < 1.29 is 9.53 Å². The Balaban J connectivity index is 1.58. The smallest absolute Gasteiger partial charge is 0.251 e. The molecule has 1 heterocycles. The van der Waals surface area contributed by atoms with E-state index < -0.39 is 6.04 Å². The third kappa shape index (κ3) is 5.15. The second-order valence-corrected chi connectivity index (χ2v) is 7.96. The van der Waals surface area contributed by atoms with E-state index in [0.717, 1.165) is 22.4 Å². The fraction of sp³-hybridized carbons (Fsp3) is 0.154. The summed E-state index contributed by atoms with van der Waals surface area (Å²) in [5.74, 6) is 0.552. The summed E-state index contributed by atoms with van der Waals surface area (Å²) in [7, 11) is 0. The van der Waals surface area contributed by atoms with Crippen LogP contribution >= 0.6 is 12.2 Å². The first-order valence-electron chi connectivity index (χ1n) is 10.5. The molecule has 0 unspecified atom stereocenters. The molecule has 5 nitrogen and oxygen atoms in total. The number of thiocarbonyl (C=S) groups is 1. The van der Waals surface area contributed by atoms with Crippen LogP contribution in [0.3, 0.4) is 0 Å². The van der Waals surface area contributed by atoms with Gasteiger partial charge in [0.25, 0.3) is 5.91 Å². The second kappa shape index (κ2) is 10.1. The van der Waals surface area contributed by atoms with E-state index in [-0.39, 0.29) is 5.91 Å². The van der Waals surface area contributed by atoms with Gasteiger partial charge in [-0.25, -0.2) is 0 Å². The van der Waals surface area contributed by atoms with Gasteiger partial charge >= 0.3 is 0 Å². The molecular weight excluding hydrogens is 418 g/mol. The Hall–Kier alpha value is -3.64. The highest BCUT2D eigenvalue weighted by Crippen LogP contribution is 2.33. The van der Waals surface area contributed by atoms with Crippen molar-refractivity contribution in [3.63, 3.8) is 0 Å². The van der Waals surface area contributed by atoms with E-state index in [4.69, 9.17) is 17.0 Å². The van der Waals surface area contributed by atoms with Gasteiger partial charge in [-0.05, 0) is 36.3 Å². The van der Waals surface area contributed by atoms with Crippen molar-refractivity contribution in [1.82, 2.24) is 16.0 Å². The van der Waals surface area contributed by atoms with Crippen LogP contribution in [0.1, 0.15) is 29.7 Å². The van der Waals surface area contributed by atoms with Crippen molar-refractivity contribution in [1.29, 1.82) is 0 Å². The number of para-hydroxylation sites is 1. The van der Waals surface area contributed by atoms with E-state index in [1.165, 1.54) is 0 Å². The van der Waals surface area contributed by atoms with Crippen LogP contribution in [0.2, 0.25) is 0 Å². The van der Waals surface area contributed by atoms with Crippen molar-refractivity contribution in [2.45, 2.75) is 26.1 Å². The number of rotatable bonds is 7. The van der Waals surface area contributed by atoms with Crippen molar-refractivity contribution in [2.24, 2.45) is 0 Å². The minimum atomic E-state index is -0.425. The van der Waals surface area contributed by atoms with Gasteiger partial charge in [-0.1, -0.05) is 78.9 Å². The van der Waals surface area contributed by atoms with Crippen LogP contribution in [0, 0.1) is 0 Å². The maximum atomic E-state index is 13.2. The third-order valence-electron chi connectivity index (χ3n) is 5.28. The molecule has 0 saturated carbocycles. The van der Waals surface area contributed by atoms with Gasteiger partial charge in [0, 0.05) is 17.8 Å². The molecule has 162 valence electrons. The summed E-state index contributed by atoms with van der Waals surface area (Å²) in [6, 6.07) is 27.1. The van der Waals surface area contributed by atoms with Crippen LogP contribution in [0.5, 0.6) is 5.75 Å². The Labute approximate surface area is 193 Å². The summed E-state index contributed by atoms with van der Waals surface area (Å²) >= 11 is 5.40. The number of ether oxygens (including phenoxy) is 1. The highest BCUT2D eigenvalue weighted by molar-refractivity contribution is 7.80. The molecule has 1 amide bonds. The van der Waals surface area contributed by atoms with E-state index >= 15 is 0 Å². The van der Waals surface area contributed by atoms with Gasteiger partial charge in [-0.3, -0.25) is 4.79 Å². The monoisotopic (exact) mass is 443 g/mol. The summed E-state index contributed by atoms with van der Waals surface area (Å²) in [5, 5.41) is 9.84. The molecule has 0 aliphatic carbocycles. The van der Waals surface area contributed by atoms with Gasteiger partial charge in [0.1, 0.15) is 12.4 Å². The predicted octanol–water partition coefficient (Wildman–Crippen LogP) is 4.37. The third-order valence-corrected chi connectivity index (χ3v) is 5.50. The molecule has 1 aliphatic rings. The standard InChI is InChI=1S/C26H25N3O2S/c1-18-23(25(30)27-16-19-10-4-2-5-11-19)24(29-26(32)28-18)21-14-8-9-15-22(21)31-17-20-12-6-3-7-13-20/h2-15,24H,16-17H2,1H3,(H,27,30)(H2,28,29,32)/t24-/m1/s1. The average molecular weight is 444 g/mol. The lowest BCUT2D eigenvalue weighted by molar-refractivity contribution is -0.118. The maximum absolute atomic E-state index is 13.2. The fourth-order valence-electron chi connectivity index (χ4n) is 3.69. The number of hydrogen-bond acceptors (Lipinski definition) is 3. The molecule has 6 heteroatoms. The molecule has 0 aromatic heterocycles. The number of hydrogen-bond donors (Lipinski definition) is 3. The molecule has 0 fully saturated rings. The quantitative estimate of drug-likeness (QED) is 0.473. The van der Waals surface area contributed by atoms with Crippen molar-refractivity contribution in [2.75, 3.05) is 0 Å². The number of nitrogens with one attached hydrogen (secondary N) is 3. The van der Waals surface area contributed by atoms with Crippen LogP contribution in [-0.4, -0.2) is 11.0 Å². The van der Waals surface area contributed by atoms with Crippen LogP contribution in [0.15, 0.2) is 96.2 Å². The molecule has 0 radical (unpaired) electrons. The highest BCUT2D eigenvalue weighted by Gasteiger charge is 2.31. The Morgan fingerprint density at radius 3 is 2.28 bits per heavy atom. The number of benzene rings is 3. The van der Waals surface area contributed by atoms with E-state index in [2.05, 4.69) is 16.0 Å². The summed E-state index contributed by atoms with van der Waals surface area (Å²) in [5.41, 5.74) is 4.28. The molecule has 3 N–H and O–H groups in total. The predicted molar refractivity (Wildman–Crippen MR) is 130 cm³/mol. The molecule has 3 aromatic carbocycles. The molecule has 3 aromatic rings. The Bertz CT molecular complexity index is 1130. The zero-order valence-electron chi connectivity index (χ0n) is 17.8. The molecule has 1 aliphatic heterocycles. The lowest BCUT2D eigenvalue weighted by Crippen LogP contribution is -2.46. The lowest BCUT2D eigenvalue weighted by atomic mass is 9.94. The van der Waals surface area contributed by atoms with E-state index in [1.54, 1.807) is 0 Å². The van der Waals surface area contributed by atoms with Crippen LogP contribution in [0.4, 0.5) is 0 Å². The molecule has 0 saturated heterocycles. The minimum absolute atomic E-state index is 0.156. The van der Waals surface area contributed by atoms with Crippen molar-refractivity contribution >= 4 is 23.2 Å². The first-order valence-corrected chi connectivity index (χ1v) is 10.9. The number of carbonyl (C=O) groups excluding carboxylic acids is 1. The molecule has 1 atom stereocenters. The normalized spacial score (nSPS) is 15.5. The molecule has 32 heavy (non-hydrogen) atoms. The Morgan fingerprint density at radius 2 is 1.56 bits per heavy atom. The van der Waals surface area contributed by atoms with Gasteiger partial charge in [0.05, 0.1) is 11.6 Å². The summed E-state index contributed by atoms with van der Waals surface area (Å²) < 4.78 is 6.15. The average Bonchev–Trinajstić information content (AvgIpc) is 2.82. The van der Waals surface area contributed by atoms with Crippen LogP contribution in [0.25, 0.3) is 0 Å². The molecule has 0 spiro atoms. The first-order chi connectivity index (χ1) is 15.6. The Morgan fingerprint density at radius 1 is 0.938 bits per heavy atom. The van der Waals surface area contributed by atoms with Gasteiger partial charge in [-0.15, -0.1) is 0 Å². The first kappa shape index (κ1) is 21.6. The summed E-state index contributed by atoms with van der Waals surface area (Å²) in [6.07, 6.45) is 0. The topological polar surface area (TPSA) is 62.4 Å². The number of carbonyl (C=O) groups is 1. The zero-order chi connectivity index (χ0) is 22.3. The van der Waals surface area contributed by atoms with Gasteiger partial charge in [0.2, 0.25) is 0 Å². The largest absolute Gasteiger partial charge is 0.489 e. The SMILES string of the molecule is CC1=C(C(=O)NCc2ccccc2)[C@@H](c2ccccc2OCc2ccccc2)NC(=S)N1. The van der Waals surface area contributed by atoms with Crippen LogP contribution < -0.4 is 20.7 Å². The van der Waals surface area contributed by atoms with Gasteiger partial charge in [0.15, 0.2) is 5.11 Å². The molecule has 0 bridgehead atoms. The highest BCUT2D eigenvalue weighted by atomic mass is 32.1. The van der Waals surface area contributed by atoms with Crippen molar-refractivity contribution in [3.8, 4) is 5.75 Å². The number of amides is 1. The van der Waals surface area contributed by atoms with Gasteiger partial charge in [-0.2, -0.15) is 0 Å². The van der Waals surface area contributed by atoms with E-state index in [0.29, 0.717) is 29.6 Å². The van der Waals surface area contributed by atoms with E-state index in [1.807, 2.05) is 91.9 Å². The number of allylic oxidation sites excluding steroid dienone is 1. The minimum Gasteiger partial charge on any atom is -0.489 e.